The molecule has 2 fully saturated rings. The van der Waals surface area contributed by atoms with Crippen LogP contribution in [0.4, 0.5) is 0 Å². The molecule has 0 aliphatic heterocycles. The van der Waals surface area contributed by atoms with Gasteiger partial charge in [0.2, 0.25) is 0 Å². The number of hydrogen-bond acceptors (Lipinski definition) is 2. The van der Waals surface area contributed by atoms with Crippen LogP contribution in [0.1, 0.15) is 33.1 Å². The molecule has 0 radical (unpaired) electrons. The molecule has 2 heteroatoms. The maximum absolute atomic E-state index is 10.2. The van der Waals surface area contributed by atoms with Crippen molar-refractivity contribution >= 4 is 0 Å². The number of fused-ring (bicyclic) bond motifs is 2. The van der Waals surface area contributed by atoms with Gasteiger partial charge in [0.05, 0.1) is 6.10 Å². The minimum atomic E-state index is -0.0707. The molecule has 0 heterocycles. The van der Waals surface area contributed by atoms with E-state index in [0.29, 0.717) is 5.41 Å². The Hall–Kier alpha value is -0.0800. The number of nitrogens with zero attached hydrogens (tertiary/aromatic N) is 1. The fraction of sp³-hybridized carbons (Fsp3) is 1.00. The normalized spacial score (nSPS) is 45.0. The van der Waals surface area contributed by atoms with Crippen LogP contribution in [0.3, 0.4) is 0 Å². The average Bonchev–Trinajstić information content (AvgIpc) is 2.36. The smallest absolute Gasteiger partial charge is 0.0616 e. The van der Waals surface area contributed by atoms with Crippen LogP contribution in [0.25, 0.3) is 0 Å². The fourth-order valence-corrected chi connectivity index (χ4v) is 3.98. The molecular weight excluding hydrogens is 174 g/mol. The van der Waals surface area contributed by atoms with Crippen molar-refractivity contribution < 1.29 is 5.11 Å². The third kappa shape index (κ3) is 1.10. The Bertz CT molecular complexity index is 236. The SMILES string of the molecule is CN(C)C[C@@]12CC[C@@H](C[C@@H]1O)C2(C)C. The maximum Gasteiger partial charge on any atom is 0.0616 e. The first-order chi connectivity index (χ1) is 6.40. The predicted molar refractivity (Wildman–Crippen MR) is 58.1 cm³/mol. The zero-order valence-electron chi connectivity index (χ0n) is 9.88. The molecule has 82 valence electrons. The highest BCUT2D eigenvalue weighted by Crippen LogP contribution is 2.65. The second-order valence-electron chi connectivity index (χ2n) is 6.10. The van der Waals surface area contributed by atoms with Crippen LogP contribution in [-0.2, 0) is 0 Å². The predicted octanol–water partition coefficient (Wildman–Crippen LogP) is 1.74. The third-order valence-corrected chi connectivity index (χ3v) is 4.99. The van der Waals surface area contributed by atoms with Crippen LogP contribution in [0.2, 0.25) is 0 Å². The first-order valence-electron chi connectivity index (χ1n) is 5.73. The van der Waals surface area contributed by atoms with Crippen molar-refractivity contribution in [3.8, 4) is 0 Å². The molecule has 2 rings (SSSR count). The minimum Gasteiger partial charge on any atom is -0.392 e. The van der Waals surface area contributed by atoms with Gasteiger partial charge in [-0.1, -0.05) is 13.8 Å². The van der Waals surface area contributed by atoms with Gasteiger partial charge in [-0.15, -0.1) is 0 Å². The van der Waals surface area contributed by atoms with Crippen molar-refractivity contribution in [3.63, 3.8) is 0 Å². The molecule has 0 unspecified atom stereocenters. The Morgan fingerprint density at radius 2 is 2.00 bits per heavy atom. The van der Waals surface area contributed by atoms with E-state index in [-0.39, 0.29) is 11.5 Å². The van der Waals surface area contributed by atoms with Crippen LogP contribution >= 0.6 is 0 Å². The van der Waals surface area contributed by atoms with Gasteiger partial charge >= 0.3 is 0 Å². The number of aliphatic hydroxyl groups is 1. The standard InChI is InChI=1S/C12H23NO/c1-11(2)9-5-6-12(11,8-13(3)4)10(14)7-9/h9-10,14H,5-8H2,1-4H3/t9-,10-,12-/m0/s1. The number of hydrogen-bond donors (Lipinski definition) is 1. The summed E-state index contributed by atoms with van der Waals surface area (Å²) in [6.07, 6.45) is 3.49. The summed E-state index contributed by atoms with van der Waals surface area (Å²) in [7, 11) is 4.23. The van der Waals surface area contributed by atoms with Gasteiger partial charge in [-0.05, 0) is 44.7 Å². The Morgan fingerprint density at radius 3 is 2.36 bits per heavy atom. The molecule has 14 heavy (non-hydrogen) atoms. The Morgan fingerprint density at radius 1 is 1.36 bits per heavy atom. The first-order valence-corrected chi connectivity index (χ1v) is 5.73. The summed E-state index contributed by atoms with van der Waals surface area (Å²) >= 11 is 0. The molecule has 0 amide bonds. The van der Waals surface area contributed by atoms with E-state index >= 15 is 0 Å². The van der Waals surface area contributed by atoms with Crippen LogP contribution in [0, 0.1) is 16.7 Å². The lowest BCUT2D eigenvalue weighted by Gasteiger charge is -2.42. The van der Waals surface area contributed by atoms with E-state index in [0.717, 1.165) is 18.9 Å². The highest BCUT2D eigenvalue weighted by molar-refractivity contribution is 5.13. The van der Waals surface area contributed by atoms with Gasteiger partial charge in [0, 0.05) is 12.0 Å². The van der Waals surface area contributed by atoms with Crippen molar-refractivity contribution in [2.45, 2.75) is 39.2 Å². The topological polar surface area (TPSA) is 23.5 Å². The van der Waals surface area contributed by atoms with Crippen molar-refractivity contribution in [1.29, 1.82) is 0 Å². The van der Waals surface area contributed by atoms with Crippen LogP contribution in [0.5, 0.6) is 0 Å². The number of rotatable bonds is 2. The van der Waals surface area contributed by atoms with Crippen molar-refractivity contribution in [1.82, 2.24) is 4.90 Å². The highest BCUT2D eigenvalue weighted by atomic mass is 16.3. The Labute approximate surface area is 87.3 Å². The van der Waals surface area contributed by atoms with Gasteiger partial charge in [0.25, 0.3) is 0 Å². The number of aliphatic hydroxyl groups excluding tert-OH is 1. The fourth-order valence-electron chi connectivity index (χ4n) is 3.98. The lowest BCUT2D eigenvalue weighted by molar-refractivity contribution is -0.0211. The summed E-state index contributed by atoms with van der Waals surface area (Å²) in [6.45, 7) is 5.74. The van der Waals surface area contributed by atoms with Gasteiger partial charge < -0.3 is 10.0 Å². The monoisotopic (exact) mass is 197 g/mol. The Balaban J connectivity index is 2.30. The van der Waals surface area contributed by atoms with E-state index in [4.69, 9.17) is 0 Å². The molecular formula is C12H23NO. The van der Waals surface area contributed by atoms with Gasteiger partial charge in [-0.25, -0.2) is 0 Å². The molecule has 2 aliphatic rings. The summed E-state index contributed by atoms with van der Waals surface area (Å²) in [5, 5.41) is 10.2. The summed E-state index contributed by atoms with van der Waals surface area (Å²) in [6, 6.07) is 0. The second kappa shape index (κ2) is 2.96. The summed E-state index contributed by atoms with van der Waals surface area (Å²) in [5.74, 6) is 0.748. The van der Waals surface area contributed by atoms with Crippen molar-refractivity contribution in [3.05, 3.63) is 0 Å². The van der Waals surface area contributed by atoms with Gasteiger partial charge in [0.1, 0.15) is 0 Å². The van der Waals surface area contributed by atoms with E-state index in [2.05, 4.69) is 32.8 Å². The van der Waals surface area contributed by atoms with Gasteiger partial charge in [-0.2, -0.15) is 0 Å². The van der Waals surface area contributed by atoms with Crippen LogP contribution < -0.4 is 0 Å². The molecule has 0 spiro atoms. The lowest BCUT2D eigenvalue weighted by Crippen LogP contribution is -2.46. The molecule has 0 aromatic carbocycles. The highest BCUT2D eigenvalue weighted by Gasteiger charge is 2.63. The molecule has 2 saturated carbocycles. The minimum absolute atomic E-state index is 0.0707. The van der Waals surface area contributed by atoms with Crippen molar-refractivity contribution in [2.24, 2.45) is 16.7 Å². The zero-order chi connectivity index (χ0) is 10.6. The van der Waals surface area contributed by atoms with Crippen molar-refractivity contribution in [2.75, 3.05) is 20.6 Å². The molecule has 0 aromatic heterocycles. The molecule has 1 N–H and O–H groups in total. The van der Waals surface area contributed by atoms with Gasteiger partial charge in [-0.3, -0.25) is 0 Å². The zero-order valence-corrected chi connectivity index (χ0v) is 9.88. The molecule has 3 atom stereocenters. The molecule has 2 nitrogen and oxygen atoms in total. The largest absolute Gasteiger partial charge is 0.392 e. The molecule has 0 aromatic rings. The van der Waals surface area contributed by atoms with Crippen LogP contribution in [0.15, 0.2) is 0 Å². The van der Waals surface area contributed by atoms with E-state index in [1.807, 2.05) is 0 Å². The van der Waals surface area contributed by atoms with Gasteiger partial charge in [0.15, 0.2) is 0 Å². The second-order valence-corrected chi connectivity index (χ2v) is 6.10. The summed E-state index contributed by atoms with van der Waals surface area (Å²) in [4.78, 5) is 2.23. The van der Waals surface area contributed by atoms with E-state index in [1.165, 1.54) is 12.8 Å². The average molecular weight is 197 g/mol. The molecule has 0 saturated heterocycles. The van der Waals surface area contributed by atoms with E-state index < -0.39 is 0 Å². The van der Waals surface area contributed by atoms with E-state index in [1.54, 1.807) is 0 Å². The summed E-state index contributed by atoms with van der Waals surface area (Å²) < 4.78 is 0. The summed E-state index contributed by atoms with van der Waals surface area (Å²) in [5.41, 5.74) is 0.498. The molecule has 2 bridgehead atoms. The lowest BCUT2D eigenvalue weighted by atomic mass is 9.68. The quantitative estimate of drug-likeness (QED) is 0.729. The van der Waals surface area contributed by atoms with Crippen LogP contribution in [-0.4, -0.2) is 36.8 Å². The third-order valence-electron chi connectivity index (χ3n) is 4.99. The van der Waals surface area contributed by atoms with E-state index in [9.17, 15) is 5.11 Å². The molecule has 2 aliphatic carbocycles. The Kier molecular flexibility index (Phi) is 2.20. The maximum atomic E-state index is 10.2. The first kappa shape index (κ1) is 10.4.